The highest BCUT2D eigenvalue weighted by molar-refractivity contribution is 6.09. The summed E-state index contributed by atoms with van der Waals surface area (Å²) in [6, 6.07) is 6.40. The van der Waals surface area contributed by atoms with Gasteiger partial charge in [-0.2, -0.15) is 0 Å². The summed E-state index contributed by atoms with van der Waals surface area (Å²) in [5.74, 6) is -1.23. The molecule has 1 heterocycles. The minimum Gasteiger partial charge on any atom is -0.494 e. The Morgan fingerprint density at radius 2 is 2.05 bits per heavy atom. The average Bonchev–Trinajstić information content (AvgIpc) is 2.46. The van der Waals surface area contributed by atoms with Gasteiger partial charge in [0.1, 0.15) is 5.75 Å². The van der Waals surface area contributed by atoms with E-state index in [1.165, 1.54) is 25.6 Å². The largest absolute Gasteiger partial charge is 0.494 e. The number of ether oxygens (including phenoxy) is 1. The fourth-order valence-corrected chi connectivity index (χ4v) is 1.98. The molecule has 108 valence electrons. The van der Waals surface area contributed by atoms with Crippen LogP contribution < -0.4 is 10.1 Å². The molecule has 0 bridgehead atoms. The van der Waals surface area contributed by atoms with Crippen molar-refractivity contribution >= 4 is 17.6 Å². The molecule has 0 aliphatic rings. The number of hydrogen-bond donors (Lipinski definition) is 2. The topological polar surface area (TPSA) is 88.5 Å². The number of anilines is 1. The molecule has 1 aromatic carbocycles. The summed E-state index contributed by atoms with van der Waals surface area (Å²) in [5.41, 5.74) is 1.16. The predicted octanol–water partition coefficient (Wildman–Crippen LogP) is 2.35. The third-order valence-electron chi connectivity index (χ3n) is 2.98. The Morgan fingerprint density at radius 1 is 1.29 bits per heavy atom. The summed E-state index contributed by atoms with van der Waals surface area (Å²) in [6.45, 7) is 1.67. The molecule has 2 N–H and O–H groups in total. The fraction of sp³-hybridized carbons (Fsp3) is 0.133. The lowest BCUT2D eigenvalue weighted by Crippen LogP contribution is -2.16. The Kier molecular flexibility index (Phi) is 4.18. The first-order chi connectivity index (χ1) is 10.0. The number of aromatic carboxylic acids is 1. The van der Waals surface area contributed by atoms with Gasteiger partial charge < -0.3 is 15.2 Å². The van der Waals surface area contributed by atoms with Crippen LogP contribution in [0.4, 0.5) is 5.69 Å². The van der Waals surface area contributed by atoms with Crippen molar-refractivity contribution in [3.05, 3.63) is 53.3 Å². The van der Waals surface area contributed by atoms with Crippen molar-refractivity contribution in [1.29, 1.82) is 0 Å². The highest BCUT2D eigenvalue weighted by Crippen LogP contribution is 2.22. The van der Waals surface area contributed by atoms with Crippen LogP contribution in [0.5, 0.6) is 5.75 Å². The smallest absolute Gasteiger partial charge is 0.338 e. The van der Waals surface area contributed by atoms with Crippen molar-refractivity contribution in [2.45, 2.75) is 6.92 Å². The maximum atomic E-state index is 12.3. The second kappa shape index (κ2) is 6.04. The van der Waals surface area contributed by atoms with Gasteiger partial charge in [0.05, 0.1) is 30.1 Å². The lowest BCUT2D eigenvalue weighted by molar-refractivity contribution is 0.0697. The molecule has 1 aromatic heterocycles. The average molecular weight is 286 g/mol. The van der Waals surface area contributed by atoms with Gasteiger partial charge in [-0.3, -0.25) is 9.78 Å². The number of carbonyl (C=O) groups is 2. The summed E-state index contributed by atoms with van der Waals surface area (Å²) in [6.07, 6.45) is 2.88. The minimum absolute atomic E-state index is 0.0684. The molecule has 0 fully saturated rings. The van der Waals surface area contributed by atoms with E-state index in [4.69, 9.17) is 4.74 Å². The van der Waals surface area contributed by atoms with Crippen LogP contribution in [0.3, 0.4) is 0 Å². The summed E-state index contributed by atoms with van der Waals surface area (Å²) in [7, 11) is 1.43. The van der Waals surface area contributed by atoms with E-state index in [9.17, 15) is 14.7 Å². The number of pyridine rings is 1. The number of hydrogen-bond acceptors (Lipinski definition) is 4. The van der Waals surface area contributed by atoms with Gasteiger partial charge in [-0.25, -0.2) is 4.79 Å². The van der Waals surface area contributed by atoms with E-state index in [2.05, 4.69) is 10.3 Å². The normalized spacial score (nSPS) is 10.0. The van der Waals surface area contributed by atoms with E-state index in [1.54, 1.807) is 25.1 Å². The number of aromatic nitrogens is 1. The zero-order valence-electron chi connectivity index (χ0n) is 11.6. The van der Waals surface area contributed by atoms with Crippen LogP contribution in [-0.4, -0.2) is 29.1 Å². The fourth-order valence-electron chi connectivity index (χ4n) is 1.98. The number of methoxy groups -OCH3 is 1. The van der Waals surface area contributed by atoms with Crippen LogP contribution in [-0.2, 0) is 0 Å². The van der Waals surface area contributed by atoms with Gasteiger partial charge in [0.25, 0.3) is 5.91 Å². The monoisotopic (exact) mass is 286 g/mol. The van der Waals surface area contributed by atoms with Crippen molar-refractivity contribution in [3.63, 3.8) is 0 Å². The number of carboxylic acid groups (broad SMARTS) is 1. The summed E-state index contributed by atoms with van der Waals surface area (Å²) >= 11 is 0. The molecule has 0 atom stereocenters. The van der Waals surface area contributed by atoms with E-state index in [1.807, 2.05) is 0 Å². The van der Waals surface area contributed by atoms with Crippen molar-refractivity contribution in [1.82, 2.24) is 4.98 Å². The molecule has 2 aromatic rings. The van der Waals surface area contributed by atoms with Gasteiger partial charge in [-0.05, 0) is 24.6 Å². The van der Waals surface area contributed by atoms with Crippen molar-refractivity contribution in [2.24, 2.45) is 0 Å². The molecule has 0 unspecified atom stereocenters. The van der Waals surface area contributed by atoms with E-state index in [0.29, 0.717) is 11.3 Å². The molecule has 0 aliphatic heterocycles. The number of carboxylic acids is 1. The third-order valence-corrected chi connectivity index (χ3v) is 2.98. The van der Waals surface area contributed by atoms with Gasteiger partial charge in [0.2, 0.25) is 0 Å². The zero-order valence-corrected chi connectivity index (χ0v) is 11.6. The van der Waals surface area contributed by atoms with Crippen LogP contribution in [0.25, 0.3) is 0 Å². The second-order valence-corrected chi connectivity index (χ2v) is 4.33. The SMILES string of the molecule is COc1cnccc1C(=O)Nc1cccc(C)c1C(=O)O. The molecule has 1 amide bonds. The first-order valence-corrected chi connectivity index (χ1v) is 6.17. The molecule has 6 heteroatoms. The highest BCUT2D eigenvalue weighted by Gasteiger charge is 2.17. The molecule has 0 radical (unpaired) electrons. The number of nitrogens with zero attached hydrogens (tertiary/aromatic N) is 1. The third kappa shape index (κ3) is 3.00. The Bertz CT molecular complexity index is 698. The number of rotatable bonds is 4. The zero-order chi connectivity index (χ0) is 15.4. The van der Waals surface area contributed by atoms with Crippen molar-refractivity contribution in [3.8, 4) is 5.75 Å². The maximum absolute atomic E-state index is 12.3. The Hall–Kier alpha value is -2.89. The van der Waals surface area contributed by atoms with E-state index in [-0.39, 0.29) is 16.8 Å². The molecule has 0 saturated heterocycles. The lowest BCUT2D eigenvalue weighted by atomic mass is 10.1. The number of nitrogens with one attached hydrogen (secondary N) is 1. The van der Waals surface area contributed by atoms with Crippen molar-refractivity contribution < 1.29 is 19.4 Å². The van der Waals surface area contributed by atoms with Crippen LogP contribution in [0.2, 0.25) is 0 Å². The standard InChI is InChI=1S/C15H14N2O4/c1-9-4-3-5-11(13(9)15(19)20)17-14(18)10-6-7-16-8-12(10)21-2/h3-8H,1-2H3,(H,17,18)(H,19,20). The van der Waals surface area contributed by atoms with E-state index >= 15 is 0 Å². The second-order valence-electron chi connectivity index (χ2n) is 4.33. The van der Waals surface area contributed by atoms with Crippen LogP contribution >= 0.6 is 0 Å². The molecule has 0 saturated carbocycles. The Balaban J connectivity index is 2.37. The number of amides is 1. The summed E-state index contributed by atoms with van der Waals surface area (Å²) in [4.78, 5) is 27.4. The Labute approximate surface area is 121 Å². The molecule has 0 spiro atoms. The van der Waals surface area contributed by atoms with Crippen LogP contribution in [0, 0.1) is 6.92 Å². The first-order valence-electron chi connectivity index (χ1n) is 6.17. The number of aryl methyl sites for hydroxylation is 1. The maximum Gasteiger partial charge on any atom is 0.338 e. The van der Waals surface area contributed by atoms with Crippen LogP contribution in [0.1, 0.15) is 26.3 Å². The lowest BCUT2D eigenvalue weighted by Gasteiger charge is -2.12. The minimum atomic E-state index is -1.09. The molecule has 6 nitrogen and oxygen atoms in total. The first kappa shape index (κ1) is 14.5. The van der Waals surface area contributed by atoms with Gasteiger partial charge in [-0.1, -0.05) is 12.1 Å². The van der Waals surface area contributed by atoms with Crippen molar-refractivity contribution in [2.75, 3.05) is 12.4 Å². The van der Waals surface area contributed by atoms with Gasteiger partial charge >= 0.3 is 5.97 Å². The summed E-state index contributed by atoms with van der Waals surface area (Å²) < 4.78 is 5.07. The van der Waals surface area contributed by atoms with E-state index in [0.717, 1.165) is 0 Å². The van der Waals surface area contributed by atoms with Gasteiger partial charge in [0.15, 0.2) is 0 Å². The van der Waals surface area contributed by atoms with Gasteiger partial charge in [-0.15, -0.1) is 0 Å². The molecule has 2 rings (SSSR count). The molecule has 21 heavy (non-hydrogen) atoms. The van der Waals surface area contributed by atoms with Crippen LogP contribution in [0.15, 0.2) is 36.7 Å². The molecular weight excluding hydrogens is 272 g/mol. The quantitative estimate of drug-likeness (QED) is 0.900. The number of carbonyl (C=O) groups excluding carboxylic acids is 1. The van der Waals surface area contributed by atoms with Gasteiger partial charge in [0, 0.05) is 6.20 Å². The predicted molar refractivity (Wildman–Crippen MR) is 76.9 cm³/mol. The molecule has 0 aliphatic carbocycles. The Morgan fingerprint density at radius 3 is 2.71 bits per heavy atom. The highest BCUT2D eigenvalue weighted by atomic mass is 16.5. The number of benzene rings is 1. The molecular formula is C15H14N2O4. The summed E-state index contributed by atoms with van der Waals surface area (Å²) in [5, 5.41) is 11.8. The van der Waals surface area contributed by atoms with E-state index < -0.39 is 11.9 Å².